The van der Waals surface area contributed by atoms with E-state index >= 15 is 0 Å². The molecule has 0 radical (unpaired) electrons. The maximum absolute atomic E-state index is 13.0. The highest BCUT2D eigenvalue weighted by Crippen LogP contribution is 2.27. The number of nitrogen functional groups attached to an aromatic ring is 1. The van der Waals surface area contributed by atoms with Crippen LogP contribution in [0.2, 0.25) is 0 Å². The summed E-state index contributed by atoms with van der Waals surface area (Å²) in [6, 6.07) is 6.05. The number of amides is 1. The molecule has 2 rings (SSSR count). The highest BCUT2D eigenvalue weighted by Gasteiger charge is 2.28. The lowest BCUT2D eigenvalue weighted by molar-refractivity contribution is 0.0668. The Morgan fingerprint density at radius 3 is 2.48 bits per heavy atom. The Kier molecular flexibility index (Phi) is 5.23. The molecule has 4 nitrogen and oxygen atoms in total. The van der Waals surface area contributed by atoms with Gasteiger partial charge in [0, 0.05) is 24.8 Å². The van der Waals surface area contributed by atoms with Gasteiger partial charge in [-0.2, -0.15) is 0 Å². The first kappa shape index (κ1) is 15.8. The number of nitrogens with two attached hydrogens (primary N) is 1. The van der Waals surface area contributed by atoms with Crippen molar-refractivity contribution >= 4 is 11.6 Å². The van der Waals surface area contributed by atoms with E-state index in [1.54, 1.807) is 0 Å². The number of likely N-dealkylation sites (N-methyl/N-ethyl adjacent to an activating group) is 1. The molecule has 1 aromatic carbocycles. The standard InChI is InChI=1S/C17H27N3O/c1-13-7-6-10-15(18)16(13)17(21)20(12-11-19(2)3)14-8-4-5-9-14/h6-7,10,14H,4-5,8-9,11-12,18H2,1-3H3. The molecule has 21 heavy (non-hydrogen) atoms. The third-order valence-electron chi connectivity index (χ3n) is 4.33. The molecule has 0 heterocycles. The molecular formula is C17H27N3O. The summed E-state index contributed by atoms with van der Waals surface area (Å²) in [6.07, 6.45) is 4.68. The Hall–Kier alpha value is -1.55. The second-order valence-electron chi connectivity index (χ2n) is 6.28. The molecule has 1 saturated carbocycles. The predicted octanol–water partition coefficient (Wildman–Crippen LogP) is 2.52. The van der Waals surface area contributed by atoms with E-state index in [1.165, 1.54) is 12.8 Å². The molecule has 1 aliphatic rings. The monoisotopic (exact) mass is 289 g/mol. The van der Waals surface area contributed by atoms with E-state index in [4.69, 9.17) is 5.73 Å². The molecule has 0 bridgehead atoms. The van der Waals surface area contributed by atoms with Crippen LogP contribution in [0, 0.1) is 6.92 Å². The van der Waals surface area contributed by atoms with E-state index in [0.29, 0.717) is 17.3 Å². The Morgan fingerprint density at radius 1 is 1.24 bits per heavy atom. The van der Waals surface area contributed by atoms with Crippen LogP contribution in [0.5, 0.6) is 0 Å². The van der Waals surface area contributed by atoms with Crippen LogP contribution < -0.4 is 5.73 Å². The molecule has 0 spiro atoms. The van der Waals surface area contributed by atoms with Gasteiger partial charge in [-0.1, -0.05) is 25.0 Å². The lowest BCUT2D eigenvalue weighted by atomic mass is 10.0. The van der Waals surface area contributed by atoms with E-state index < -0.39 is 0 Å². The van der Waals surface area contributed by atoms with Gasteiger partial charge in [0.2, 0.25) is 0 Å². The minimum atomic E-state index is 0.0966. The zero-order valence-electron chi connectivity index (χ0n) is 13.4. The molecule has 0 aromatic heterocycles. The third-order valence-corrected chi connectivity index (χ3v) is 4.33. The summed E-state index contributed by atoms with van der Waals surface area (Å²) in [5.41, 5.74) is 8.30. The average molecular weight is 289 g/mol. The van der Waals surface area contributed by atoms with Gasteiger partial charge in [0.25, 0.3) is 5.91 Å². The molecule has 1 aromatic rings. The summed E-state index contributed by atoms with van der Waals surface area (Å²) in [6.45, 7) is 3.61. The van der Waals surface area contributed by atoms with Gasteiger partial charge in [0.15, 0.2) is 0 Å². The number of anilines is 1. The molecule has 116 valence electrons. The third kappa shape index (κ3) is 3.76. The van der Waals surface area contributed by atoms with Crippen LogP contribution in [0.1, 0.15) is 41.6 Å². The summed E-state index contributed by atoms with van der Waals surface area (Å²) in [5, 5.41) is 0. The first-order chi connectivity index (χ1) is 10.0. The van der Waals surface area contributed by atoms with E-state index in [2.05, 4.69) is 4.90 Å². The summed E-state index contributed by atoms with van der Waals surface area (Å²) in [4.78, 5) is 17.2. The van der Waals surface area contributed by atoms with Crippen LogP contribution in [-0.4, -0.2) is 48.9 Å². The Morgan fingerprint density at radius 2 is 1.90 bits per heavy atom. The molecule has 4 heteroatoms. The van der Waals surface area contributed by atoms with Crippen LogP contribution in [0.3, 0.4) is 0 Å². The molecule has 0 aliphatic heterocycles. The summed E-state index contributed by atoms with van der Waals surface area (Å²) in [7, 11) is 4.08. The quantitative estimate of drug-likeness (QED) is 0.847. The van der Waals surface area contributed by atoms with Gasteiger partial charge in [0.1, 0.15) is 0 Å². The topological polar surface area (TPSA) is 49.6 Å². The number of carbonyl (C=O) groups excluding carboxylic acids is 1. The first-order valence-electron chi connectivity index (χ1n) is 7.81. The zero-order valence-corrected chi connectivity index (χ0v) is 13.4. The minimum absolute atomic E-state index is 0.0966. The summed E-state index contributed by atoms with van der Waals surface area (Å²) < 4.78 is 0. The van der Waals surface area contributed by atoms with Crippen molar-refractivity contribution in [3.63, 3.8) is 0 Å². The lowest BCUT2D eigenvalue weighted by Crippen LogP contribution is -2.43. The normalized spacial score (nSPS) is 15.6. The van der Waals surface area contributed by atoms with Crippen LogP contribution in [-0.2, 0) is 0 Å². The Bertz CT molecular complexity index is 473. The zero-order chi connectivity index (χ0) is 15.4. The minimum Gasteiger partial charge on any atom is -0.398 e. The van der Waals surface area contributed by atoms with Gasteiger partial charge in [-0.25, -0.2) is 0 Å². The fraction of sp³-hybridized carbons (Fsp3) is 0.588. The second-order valence-corrected chi connectivity index (χ2v) is 6.28. The summed E-state index contributed by atoms with van der Waals surface area (Å²) >= 11 is 0. The highest BCUT2D eigenvalue weighted by molar-refractivity contribution is 6.00. The van der Waals surface area contributed by atoms with Crippen molar-refractivity contribution in [2.75, 3.05) is 32.9 Å². The van der Waals surface area contributed by atoms with Gasteiger partial charge in [-0.3, -0.25) is 4.79 Å². The van der Waals surface area contributed by atoms with Gasteiger partial charge in [-0.15, -0.1) is 0 Å². The maximum Gasteiger partial charge on any atom is 0.256 e. The fourth-order valence-corrected chi connectivity index (χ4v) is 3.10. The number of benzene rings is 1. The highest BCUT2D eigenvalue weighted by atomic mass is 16.2. The van der Waals surface area contributed by atoms with Crippen molar-refractivity contribution in [2.45, 2.75) is 38.6 Å². The molecular weight excluding hydrogens is 262 g/mol. The van der Waals surface area contributed by atoms with Crippen molar-refractivity contribution in [2.24, 2.45) is 0 Å². The van der Waals surface area contributed by atoms with Gasteiger partial charge in [-0.05, 0) is 45.5 Å². The molecule has 2 N–H and O–H groups in total. The molecule has 1 amide bonds. The molecule has 0 saturated heterocycles. The second kappa shape index (κ2) is 6.94. The van der Waals surface area contributed by atoms with Gasteiger partial charge < -0.3 is 15.5 Å². The fourth-order valence-electron chi connectivity index (χ4n) is 3.10. The van der Waals surface area contributed by atoms with Crippen LogP contribution in [0.15, 0.2) is 18.2 Å². The number of rotatable bonds is 5. The number of aryl methyl sites for hydroxylation is 1. The van der Waals surface area contributed by atoms with Gasteiger partial charge in [0.05, 0.1) is 5.56 Å². The van der Waals surface area contributed by atoms with Crippen molar-refractivity contribution in [1.29, 1.82) is 0 Å². The van der Waals surface area contributed by atoms with Crippen LogP contribution in [0.4, 0.5) is 5.69 Å². The van der Waals surface area contributed by atoms with Crippen LogP contribution >= 0.6 is 0 Å². The molecule has 1 fully saturated rings. The largest absolute Gasteiger partial charge is 0.398 e. The summed E-state index contributed by atoms with van der Waals surface area (Å²) in [5.74, 6) is 0.0966. The number of hydrogen-bond acceptors (Lipinski definition) is 3. The Balaban J connectivity index is 2.24. The molecule has 1 aliphatic carbocycles. The maximum atomic E-state index is 13.0. The van der Waals surface area contributed by atoms with Crippen molar-refractivity contribution < 1.29 is 4.79 Å². The van der Waals surface area contributed by atoms with E-state index in [9.17, 15) is 4.79 Å². The number of hydrogen-bond donors (Lipinski definition) is 1. The van der Waals surface area contributed by atoms with Gasteiger partial charge >= 0.3 is 0 Å². The van der Waals surface area contributed by atoms with Crippen molar-refractivity contribution in [3.05, 3.63) is 29.3 Å². The van der Waals surface area contributed by atoms with E-state index in [0.717, 1.165) is 31.5 Å². The van der Waals surface area contributed by atoms with Crippen molar-refractivity contribution in [1.82, 2.24) is 9.80 Å². The molecule has 0 unspecified atom stereocenters. The van der Waals surface area contributed by atoms with Crippen LogP contribution in [0.25, 0.3) is 0 Å². The average Bonchev–Trinajstić information content (AvgIpc) is 2.92. The predicted molar refractivity (Wildman–Crippen MR) is 87.4 cm³/mol. The number of carbonyl (C=O) groups is 1. The smallest absolute Gasteiger partial charge is 0.256 e. The molecule has 0 atom stereocenters. The number of nitrogens with zero attached hydrogens (tertiary/aromatic N) is 2. The Labute approximate surface area is 127 Å². The first-order valence-corrected chi connectivity index (χ1v) is 7.81. The SMILES string of the molecule is Cc1cccc(N)c1C(=O)N(CCN(C)C)C1CCCC1. The van der Waals surface area contributed by atoms with Crippen molar-refractivity contribution in [3.8, 4) is 0 Å². The van der Waals surface area contributed by atoms with E-state index in [-0.39, 0.29) is 5.91 Å². The lowest BCUT2D eigenvalue weighted by Gasteiger charge is -2.31. The van der Waals surface area contributed by atoms with E-state index in [1.807, 2.05) is 44.1 Å².